The van der Waals surface area contributed by atoms with Crippen molar-refractivity contribution >= 4 is 23.3 Å². The zero-order valence-corrected chi connectivity index (χ0v) is 12.7. The lowest BCUT2D eigenvalue weighted by Crippen LogP contribution is -2.52. The molecule has 22 heavy (non-hydrogen) atoms. The number of amides is 1. The Morgan fingerprint density at radius 1 is 1.41 bits per heavy atom. The second-order valence-electron chi connectivity index (χ2n) is 5.20. The summed E-state index contributed by atoms with van der Waals surface area (Å²) in [6, 6.07) is 0.307. The van der Waals surface area contributed by atoms with Gasteiger partial charge in [0, 0.05) is 12.1 Å². The molecule has 1 aromatic carbocycles. The number of hydrogen-bond acceptors (Lipinski definition) is 4. The summed E-state index contributed by atoms with van der Waals surface area (Å²) in [5, 5.41) is 2.79. The lowest BCUT2D eigenvalue weighted by atomic mass is 10.1. The maximum Gasteiger partial charge on any atom is 0.328 e. The second-order valence-corrected chi connectivity index (χ2v) is 5.20. The van der Waals surface area contributed by atoms with Crippen LogP contribution in [0.25, 0.3) is 0 Å². The molecule has 1 amide bonds. The highest BCUT2D eigenvalue weighted by Crippen LogP contribution is 2.35. The maximum absolute atomic E-state index is 13.5. The van der Waals surface area contributed by atoms with Crippen LogP contribution in [0.5, 0.6) is 0 Å². The number of benzene rings is 1. The molecule has 0 saturated carbocycles. The first-order chi connectivity index (χ1) is 10.4. The Labute approximate surface area is 127 Å². The van der Waals surface area contributed by atoms with Crippen molar-refractivity contribution in [2.45, 2.75) is 39.3 Å². The standard InChI is InChI=1S/C15H18F2N2O3/c1-4-5-22-15(21)9(3)19-13-7-11(17)10(16)6-12(13)18-8(2)14(19)20/h6-9,18H,4-5H2,1-3H3. The molecule has 1 heterocycles. The van der Waals surface area contributed by atoms with Crippen molar-refractivity contribution in [2.75, 3.05) is 16.8 Å². The third-order valence-corrected chi connectivity index (χ3v) is 3.45. The predicted octanol–water partition coefficient (Wildman–Crippen LogP) is 2.45. The van der Waals surface area contributed by atoms with Crippen molar-refractivity contribution in [3.63, 3.8) is 0 Å². The van der Waals surface area contributed by atoms with Crippen LogP contribution in [-0.4, -0.2) is 30.6 Å². The summed E-state index contributed by atoms with van der Waals surface area (Å²) in [5.41, 5.74) is 0.393. The molecule has 0 fully saturated rings. The number of carbonyl (C=O) groups is 2. The quantitative estimate of drug-likeness (QED) is 0.868. The molecule has 0 spiro atoms. The minimum absolute atomic E-state index is 0.128. The van der Waals surface area contributed by atoms with E-state index in [-0.39, 0.29) is 18.0 Å². The van der Waals surface area contributed by atoms with Crippen LogP contribution >= 0.6 is 0 Å². The van der Waals surface area contributed by atoms with Crippen LogP contribution in [0, 0.1) is 11.6 Å². The number of hydrogen-bond donors (Lipinski definition) is 1. The molecule has 1 aliphatic rings. The normalized spacial score (nSPS) is 18.5. The fraction of sp³-hybridized carbons (Fsp3) is 0.467. The van der Waals surface area contributed by atoms with Gasteiger partial charge in [-0.25, -0.2) is 13.6 Å². The van der Waals surface area contributed by atoms with E-state index in [4.69, 9.17) is 4.74 Å². The first-order valence-corrected chi connectivity index (χ1v) is 7.12. The molecule has 1 aliphatic heterocycles. The average Bonchev–Trinajstić information content (AvgIpc) is 2.48. The fourth-order valence-electron chi connectivity index (χ4n) is 2.30. The summed E-state index contributed by atoms with van der Waals surface area (Å²) in [4.78, 5) is 25.5. The number of ether oxygens (including phenoxy) is 1. The average molecular weight is 312 g/mol. The highest BCUT2D eigenvalue weighted by Gasteiger charge is 2.37. The van der Waals surface area contributed by atoms with Crippen LogP contribution in [0.3, 0.4) is 0 Å². The van der Waals surface area contributed by atoms with Gasteiger partial charge in [0.1, 0.15) is 12.1 Å². The predicted molar refractivity (Wildman–Crippen MR) is 77.6 cm³/mol. The number of anilines is 2. The number of rotatable bonds is 4. The van der Waals surface area contributed by atoms with Crippen LogP contribution in [0.15, 0.2) is 12.1 Å². The van der Waals surface area contributed by atoms with E-state index < -0.39 is 35.6 Å². The maximum atomic E-state index is 13.5. The molecule has 0 radical (unpaired) electrons. The van der Waals surface area contributed by atoms with Gasteiger partial charge in [-0.2, -0.15) is 0 Å². The van der Waals surface area contributed by atoms with Crippen LogP contribution in [0.2, 0.25) is 0 Å². The Kier molecular flexibility index (Phi) is 4.63. The Morgan fingerprint density at radius 3 is 2.68 bits per heavy atom. The fourth-order valence-corrected chi connectivity index (χ4v) is 2.30. The van der Waals surface area contributed by atoms with Crippen LogP contribution in [0.1, 0.15) is 27.2 Å². The number of halogens is 2. The van der Waals surface area contributed by atoms with Crippen molar-refractivity contribution in [3.8, 4) is 0 Å². The molecular formula is C15H18F2N2O3. The van der Waals surface area contributed by atoms with Gasteiger partial charge in [-0.05, 0) is 20.3 Å². The minimum Gasteiger partial charge on any atom is -0.464 e. The van der Waals surface area contributed by atoms with Gasteiger partial charge >= 0.3 is 5.97 Å². The van der Waals surface area contributed by atoms with Crippen molar-refractivity contribution in [3.05, 3.63) is 23.8 Å². The Hall–Kier alpha value is -2.18. The molecule has 5 nitrogen and oxygen atoms in total. The van der Waals surface area contributed by atoms with E-state index in [1.54, 1.807) is 6.92 Å². The molecule has 1 N–H and O–H groups in total. The molecule has 120 valence electrons. The summed E-state index contributed by atoms with van der Waals surface area (Å²) in [5.74, 6) is -3.09. The third-order valence-electron chi connectivity index (χ3n) is 3.45. The SMILES string of the molecule is CCCOC(=O)C(C)N1C(=O)C(C)Nc2cc(F)c(F)cc21. The van der Waals surface area contributed by atoms with E-state index in [0.717, 1.165) is 17.0 Å². The molecule has 2 unspecified atom stereocenters. The highest BCUT2D eigenvalue weighted by molar-refractivity contribution is 6.08. The van der Waals surface area contributed by atoms with Gasteiger partial charge in [-0.15, -0.1) is 0 Å². The van der Waals surface area contributed by atoms with Crippen molar-refractivity contribution in [1.82, 2.24) is 0 Å². The monoisotopic (exact) mass is 312 g/mol. The summed E-state index contributed by atoms with van der Waals surface area (Å²) in [6.07, 6.45) is 0.654. The second kappa shape index (κ2) is 6.29. The number of nitrogens with zero attached hydrogens (tertiary/aromatic N) is 1. The molecule has 2 atom stereocenters. The van der Waals surface area contributed by atoms with Crippen molar-refractivity contribution < 1.29 is 23.1 Å². The molecule has 1 aromatic rings. The van der Waals surface area contributed by atoms with E-state index in [0.29, 0.717) is 6.42 Å². The van der Waals surface area contributed by atoms with Gasteiger partial charge in [0.15, 0.2) is 11.6 Å². The number of carbonyl (C=O) groups excluding carboxylic acids is 2. The Morgan fingerprint density at radius 2 is 2.05 bits per heavy atom. The van der Waals surface area contributed by atoms with E-state index in [1.807, 2.05) is 6.92 Å². The largest absolute Gasteiger partial charge is 0.464 e. The molecular weight excluding hydrogens is 294 g/mol. The number of nitrogens with one attached hydrogen (secondary N) is 1. The first-order valence-electron chi connectivity index (χ1n) is 7.12. The van der Waals surface area contributed by atoms with Crippen LogP contribution < -0.4 is 10.2 Å². The zero-order chi connectivity index (χ0) is 16.4. The van der Waals surface area contributed by atoms with Gasteiger partial charge in [-0.3, -0.25) is 9.69 Å². The molecule has 2 rings (SSSR count). The summed E-state index contributed by atoms with van der Waals surface area (Å²) in [6.45, 7) is 5.18. The van der Waals surface area contributed by atoms with E-state index in [1.165, 1.54) is 6.92 Å². The molecule has 7 heteroatoms. The first kappa shape index (κ1) is 16.2. The summed E-state index contributed by atoms with van der Waals surface area (Å²) in [7, 11) is 0. The molecule has 0 bridgehead atoms. The smallest absolute Gasteiger partial charge is 0.328 e. The number of esters is 1. The van der Waals surface area contributed by atoms with E-state index in [9.17, 15) is 18.4 Å². The van der Waals surface area contributed by atoms with Gasteiger partial charge in [0.2, 0.25) is 5.91 Å². The lowest BCUT2D eigenvalue weighted by Gasteiger charge is -2.36. The van der Waals surface area contributed by atoms with E-state index >= 15 is 0 Å². The van der Waals surface area contributed by atoms with Crippen molar-refractivity contribution in [2.24, 2.45) is 0 Å². The van der Waals surface area contributed by atoms with E-state index in [2.05, 4.69) is 5.32 Å². The topological polar surface area (TPSA) is 58.6 Å². The van der Waals surface area contributed by atoms with Gasteiger partial charge in [-0.1, -0.05) is 6.92 Å². The zero-order valence-electron chi connectivity index (χ0n) is 12.7. The van der Waals surface area contributed by atoms with Crippen molar-refractivity contribution in [1.29, 1.82) is 0 Å². The summed E-state index contributed by atoms with van der Waals surface area (Å²) >= 11 is 0. The van der Waals surface area contributed by atoms with Gasteiger partial charge in [0.25, 0.3) is 0 Å². The Bertz CT molecular complexity index is 607. The third kappa shape index (κ3) is 2.88. The van der Waals surface area contributed by atoms with Gasteiger partial charge < -0.3 is 10.1 Å². The number of fused-ring (bicyclic) bond motifs is 1. The summed E-state index contributed by atoms with van der Waals surface area (Å²) < 4.78 is 31.9. The minimum atomic E-state index is -1.08. The lowest BCUT2D eigenvalue weighted by molar-refractivity contribution is -0.146. The van der Waals surface area contributed by atoms with Crippen LogP contribution in [-0.2, 0) is 14.3 Å². The molecule has 0 aliphatic carbocycles. The Balaban J connectivity index is 2.40. The highest BCUT2D eigenvalue weighted by atomic mass is 19.2. The molecule has 0 saturated heterocycles. The van der Waals surface area contributed by atoms with Crippen LogP contribution in [0.4, 0.5) is 20.2 Å². The molecule has 0 aromatic heterocycles. The van der Waals surface area contributed by atoms with Gasteiger partial charge in [0.05, 0.1) is 18.0 Å².